The van der Waals surface area contributed by atoms with E-state index in [4.69, 9.17) is 11.6 Å². The van der Waals surface area contributed by atoms with Gasteiger partial charge in [0.2, 0.25) is 5.91 Å². The summed E-state index contributed by atoms with van der Waals surface area (Å²) in [6, 6.07) is 7.20. The van der Waals surface area contributed by atoms with Gasteiger partial charge in [0.25, 0.3) is 5.91 Å². The molecule has 2 N–H and O–H groups in total. The molecule has 0 bridgehead atoms. The number of halogens is 1. The van der Waals surface area contributed by atoms with E-state index in [0.717, 1.165) is 12.8 Å². The predicted octanol–water partition coefficient (Wildman–Crippen LogP) is 3.42. The molecule has 1 aromatic carbocycles. The van der Waals surface area contributed by atoms with Gasteiger partial charge in [-0.2, -0.15) is 0 Å². The number of hydrogen-bond acceptors (Lipinski definition) is 5. The molecule has 0 aliphatic heterocycles. The van der Waals surface area contributed by atoms with Crippen LogP contribution in [-0.4, -0.2) is 38.4 Å². The Hall–Kier alpha value is -2.06. The van der Waals surface area contributed by atoms with Crippen molar-refractivity contribution in [2.45, 2.75) is 63.3 Å². The Morgan fingerprint density at radius 3 is 2.69 bits per heavy atom. The standard InChI is InChI=1S/C20H26ClN5O2S/c1-2-26-17(12-22-19(28)15-10-6-7-11-16(15)21)24-25-20(26)29-13-18(27)23-14-8-4-3-5-9-14/h6-7,10-11,14H,2-5,8-9,12-13H2,1H3,(H,22,28)(H,23,27). The first-order chi connectivity index (χ1) is 14.1. The van der Waals surface area contributed by atoms with Gasteiger partial charge in [-0.25, -0.2) is 0 Å². The van der Waals surface area contributed by atoms with Crippen molar-refractivity contribution in [3.8, 4) is 0 Å². The summed E-state index contributed by atoms with van der Waals surface area (Å²) in [6.07, 6.45) is 5.77. The molecule has 2 amide bonds. The second-order valence-corrected chi connectivity index (χ2v) is 8.35. The van der Waals surface area contributed by atoms with Crippen molar-refractivity contribution in [3.05, 3.63) is 40.7 Å². The normalized spacial score (nSPS) is 14.6. The van der Waals surface area contributed by atoms with Crippen LogP contribution in [0.15, 0.2) is 29.4 Å². The number of rotatable bonds is 8. The zero-order valence-electron chi connectivity index (χ0n) is 16.5. The number of nitrogens with one attached hydrogen (secondary N) is 2. The third-order valence-corrected chi connectivity index (χ3v) is 6.23. The number of carbonyl (C=O) groups is 2. The van der Waals surface area contributed by atoms with Crippen LogP contribution in [0, 0.1) is 0 Å². The molecule has 7 nitrogen and oxygen atoms in total. The van der Waals surface area contributed by atoms with Crippen LogP contribution in [0.25, 0.3) is 0 Å². The highest BCUT2D eigenvalue weighted by Gasteiger charge is 2.18. The molecule has 2 aromatic rings. The summed E-state index contributed by atoms with van der Waals surface area (Å²) in [7, 11) is 0. The van der Waals surface area contributed by atoms with E-state index in [-0.39, 0.29) is 18.4 Å². The van der Waals surface area contributed by atoms with Crippen molar-refractivity contribution in [3.63, 3.8) is 0 Å². The van der Waals surface area contributed by atoms with Gasteiger partial charge >= 0.3 is 0 Å². The molecule has 29 heavy (non-hydrogen) atoms. The second-order valence-electron chi connectivity index (χ2n) is 7.00. The zero-order chi connectivity index (χ0) is 20.6. The van der Waals surface area contributed by atoms with Gasteiger partial charge in [0.1, 0.15) is 0 Å². The Morgan fingerprint density at radius 2 is 1.97 bits per heavy atom. The lowest BCUT2D eigenvalue weighted by molar-refractivity contribution is -0.119. The molecule has 1 heterocycles. The van der Waals surface area contributed by atoms with Crippen LogP contribution in [0.4, 0.5) is 0 Å². The number of thioether (sulfide) groups is 1. The Morgan fingerprint density at radius 1 is 1.21 bits per heavy atom. The summed E-state index contributed by atoms with van der Waals surface area (Å²) in [6.45, 7) is 2.87. The average Bonchev–Trinajstić information content (AvgIpc) is 3.13. The van der Waals surface area contributed by atoms with Crippen molar-refractivity contribution >= 4 is 35.2 Å². The van der Waals surface area contributed by atoms with E-state index < -0.39 is 0 Å². The molecule has 9 heteroatoms. The molecule has 1 aliphatic carbocycles. The Balaban J connectivity index is 1.53. The van der Waals surface area contributed by atoms with Crippen LogP contribution in [0.5, 0.6) is 0 Å². The van der Waals surface area contributed by atoms with Crippen molar-refractivity contribution < 1.29 is 9.59 Å². The van der Waals surface area contributed by atoms with Crippen molar-refractivity contribution in [2.75, 3.05) is 5.75 Å². The van der Waals surface area contributed by atoms with Crippen LogP contribution < -0.4 is 10.6 Å². The van der Waals surface area contributed by atoms with E-state index in [0.29, 0.717) is 39.9 Å². The highest BCUT2D eigenvalue weighted by atomic mass is 35.5. The van der Waals surface area contributed by atoms with Crippen molar-refractivity contribution in [1.29, 1.82) is 0 Å². The molecule has 3 rings (SSSR count). The lowest BCUT2D eigenvalue weighted by atomic mass is 9.95. The summed E-state index contributed by atoms with van der Waals surface area (Å²) in [5, 5.41) is 15.4. The summed E-state index contributed by atoms with van der Waals surface area (Å²) in [5.41, 5.74) is 0.422. The van der Waals surface area contributed by atoms with Crippen LogP contribution in [0.2, 0.25) is 5.02 Å². The number of amides is 2. The molecule has 0 saturated heterocycles. The summed E-state index contributed by atoms with van der Waals surface area (Å²) in [5.74, 6) is 0.715. The van der Waals surface area contributed by atoms with Gasteiger partial charge in [-0.15, -0.1) is 10.2 Å². The zero-order valence-corrected chi connectivity index (χ0v) is 18.1. The van der Waals surface area contributed by atoms with E-state index in [2.05, 4.69) is 20.8 Å². The first-order valence-electron chi connectivity index (χ1n) is 9.95. The molecule has 0 spiro atoms. The lowest BCUT2D eigenvalue weighted by Crippen LogP contribution is -2.37. The van der Waals surface area contributed by atoms with Crippen LogP contribution in [0.1, 0.15) is 55.2 Å². The van der Waals surface area contributed by atoms with Gasteiger partial charge in [-0.1, -0.05) is 54.8 Å². The van der Waals surface area contributed by atoms with Crippen LogP contribution in [-0.2, 0) is 17.9 Å². The summed E-state index contributed by atoms with van der Waals surface area (Å²) < 4.78 is 1.91. The van der Waals surface area contributed by atoms with E-state index in [1.165, 1.54) is 31.0 Å². The molecule has 0 radical (unpaired) electrons. The molecule has 1 saturated carbocycles. The molecule has 1 fully saturated rings. The first-order valence-corrected chi connectivity index (χ1v) is 11.3. The Bertz CT molecular complexity index is 851. The molecule has 156 valence electrons. The Kier molecular flexibility index (Phi) is 7.94. The highest BCUT2D eigenvalue weighted by Crippen LogP contribution is 2.20. The minimum absolute atomic E-state index is 0.0288. The van der Waals surface area contributed by atoms with Gasteiger partial charge < -0.3 is 15.2 Å². The fourth-order valence-electron chi connectivity index (χ4n) is 3.42. The van der Waals surface area contributed by atoms with E-state index in [1.807, 2.05) is 11.5 Å². The average molecular weight is 436 g/mol. The molecule has 0 atom stereocenters. The van der Waals surface area contributed by atoms with E-state index in [1.54, 1.807) is 24.3 Å². The lowest BCUT2D eigenvalue weighted by Gasteiger charge is -2.22. The maximum Gasteiger partial charge on any atom is 0.253 e. The largest absolute Gasteiger partial charge is 0.353 e. The topological polar surface area (TPSA) is 88.9 Å². The fourth-order valence-corrected chi connectivity index (χ4v) is 4.47. The summed E-state index contributed by atoms with van der Waals surface area (Å²) >= 11 is 7.43. The summed E-state index contributed by atoms with van der Waals surface area (Å²) in [4.78, 5) is 24.6. The van der Waals surface area contributed by atoms with Gasteiger partial charge in [-0.3, -0.25) is 9.59 Å². The maximum absolute atomic E-state index is 12.3. The number of aromatic nitrogens is 3. The highest BCUT2D eigenvalue weighted by molar-refractivity contribution is 7.99. The fraction of sp³-hybridized carbons (Fsp3) is 0.500. The van der Waals surface area contributed by atoms with Crippen LogP contribution in [0.3, 0.4) is 0 Å². The van der Waals surface area contributed by atoms with Gasteiger partial charge in [0.05, 0.1) is 22.9 Å². The van der Waals surface area contributed by atoms with Crippen LogP contribution >= 0.6 is 23.4 Å². The number of carbonyl (C=O) groups excluding carboxylic acids is 2. The smallest absolute Gasteiger partial charge is 0.253 e. The number of benzene rings is 1. The monoisotopic (exact) mass is 435 g/mol. The molecule has 1 aliphatic rings. The third-order valence-electron chi connectivity index (χ3n) is 4.94. The molecule has 1 aromatic heterocycles. The molecular formula is C20H26ClN5O2S. The minimum atomic E-state index is -0.262. The second kappa shape index (κ2) is 10.6. The maximum atomic E-state index is 12.3. The predicted molar refractivity (Wildman–Crippen MR) is 114 cm³/mol. The first kappa shape index (κ1) is 21.6. The minimum Gasteiger partial charge on any atom is -0.353 e. The number of nitrogens with zero attached hydrogens (tertiary/aromatic N) is 3. The van der Waals surface area contributed by atoms with E-state index >= 15 is 0 Å². The SMILES string of the molecule is CCn1c(CNC(=O)c2ccccc2Cl)nnc1SCC(=O)NC1CCCCC1. The Labute approximate surface area is 180 Å². The van der Waals surface area contributed by atoms with Crippen molar-refractivity contribution in [2.24, 2.45) is 0 Å². The van der Waals surface area contributed by atoms with Gasteiger partial charge in [0, 0.05) is 12.6 Å². The van der Waals surface area contributed by atoms with Gasteiger partial charge in [-0.05, 0) is 31.9 Å². The van der Waals surface area contributed by atoms with E-state index in [9.17, 15) is 9.59 Å². The van der Waals surface area contributed by atoms with Gasteiger partial charge in [0.15, 0.2) is 11.0 Å². The third kappa shape index (κ3) is 5.96. The molecular weight excluding hydrogens is 410 g/mol. The van der Waals surface area contributed by atoms with Crippen molar-refractivity contribution in [1.82, 2.24) is 25.4 Å². The quantitative estimate of drug-likeness (QED) is 0.620. The molecule has 0 unspecified atom stereocenters. The number of hydrogen-bond donors (Lipinski definition) is 2.